The summed E-state index contributed by atoms with van der Waals surface area (Å²) in [6, 6.07) is 14.1. The molecule has 0 saturated heterocycles. The molecule has 0 saturated carbocycles. The van der Waals surface area contributed by atoms with E-state index in [9.17, 15) is 4.79 Å². The number of carbonyl (C=O) groups excluding carboxylic acids is 1. The topological polar surface area (TPSA) is 109 Å². The summed E-state index contributed by atoms with van der Waals surface area (Å²) < 4.78 is 0. The average molecular weight is 432 g/mol. The molecule has 0 aliphatic carbocycles. The summed E-state index contributed by atoms with van der Waals surface area (Å²) in [6.07, 6.45) is 7.07. The second-order valence-corrected chi connectivity index (χ2v) is 7.25. The average Bonchev–Trinajstić information content (AvgIpc) is 3.33. The van der Waals surface area contributed by atoms with Crippen LogP contribution in [0.25, 0.3) is 0 Å². The molecule has 8 nitrogen and oxygen atoms in total. The van der Waals surface area contributed by atoms with Crippen molar-refractivity contribution >= 4 is 29.1 Å². The van der Waals surface area contributed by atoms with Crippen LogP contribution >= 0.6 is 0 Å². The number of pyridine rings is 1. The Balaban J connectivity index is 1.72. The quantitative estimate of drug-likeness (QED) is 0.299. The van der Waals surface area contributed by atoms with Crippen LogP contribution < -0.4 is 10.6 Å². The smallest absolute Gasteiger partial charge is 0.323 e. The van der Waals surface area contributed by atoms with E-state index in [0.717, 1.165) is 37.5 Å². The lowest BCUT2D eigenvalue weighted by Crippen LogP contribution is -2.34. The predicted octanol–water partition coefficient (Wildman–Crippen LogP) is 4.95. The lowest BCUT2D eigenvalue weighted by atomic mass is 10.2. The molecule has 0 atom stereocenters. The lowest BCUT2D eigenvalue weighted by molar-refractivity contribution is 0.262. The summed E-state index contributed by atoms with van der Waals surface area (Å²) in [5.74, 6) is 0.930. The van der Waals surface area contributed by atoms with Crippen molar-refractivity contribution in [3.8, 4) is 0 Å². The highest BCUT2D eigenvalue weighted by Gasteiger charge is 2.15. The highest BCUT2D eigenvalue weighted by Crippen LogP contribution is 2.14. The Hall–Kier alpha value is -3.94. The number of benzene rings is 1. The minimum Gasteiger partial charge on any atom is -0.359 e. The molecular formula is C24H29N7O. The molecular weight excluding hydrogens is 402 g/mol. The lowest BCUT2D eigenvalue weighted by Gasteiger charge is -2.25. The number of hydrogen-bond acceptors (Lipinski definition) is 3. The SMILES string of the molecule is CCCN(CCC)/C(=N/C(=N)c1ccc(NC(=O)Nc2cccnc2)cc1)c1ccc[nH]1. The monoisotopic (exact) mass is 431 g/mol. The number of amides is 2. The van der Waals surface area contributed by atoms with Crippen molar-refractivity contribution in [2.75, 3.05) is 23.7 Å². The van der Waals surface area contributed by atoms with Gasteiger partial charge < -0.3 is 20.5 Å². The molecule has 2 amide bonds. The number of nitrogens with zero attached hydrogens (tertiary/aromatic N) is 3. The van der Waals surface area contributed by atoms with E-state index in [1.807, 2.05) is 18.3 Å². The fourth-order valence-corrected chi connectivity index (χ4v) is 3.25. The van der Waals surface area contributed by atoms with Crippen LogP contribution in [0.4, 0.5) is 16.2 Å². The third kappa shape index (κ3) is 6.28. The van der Waals surface area contributed by atoms with Crippen molar-refractivity contribution < 1.29 is 4.79 Å². The van der Waals surface area contributed by atoms with Gasteiger partial charge in [0.2, 0.25) is 0 Å². The third-order valence-electron chi connectivity index (χ3n) is 4.68. The fraction of sp³-hybridized carbons (Fsp3) is 0.250. The van der Waals surface area contributed by atoms with Crippen LogP contribution in [-0.2, 0) is 0 Å². The minimum atomic E-state index is -0.359. The van der Waals surface area contributed by atoms with Crippen LogP contribution in [0.5, 0.6) is 0 Å². The number of H-pyrrole nitrogens is 1. The van der Waals surface area contributed by atoms with Crippen LogP contribution in [0.15, 0.2) is 72.1 Å². The first kappa shape index (κ1) is 22.7. The zero-order valence-electron chi connectivity index (χ0n) is 18.4. The molecule has 0 spiro atoms. The molecule has 4 N–H and O–H groups in total. The van der Waals surface area contributed by atoms with Gasteiger partial charge in [0.05, 0.1) is 17.6 Å². The molecule has 32 heavy (non-hydrogen) atoms. The molecule has 0 aliphatic rings. The Morgan fingerprint density at radius 2 is 1.75 bits per heavy atom. The molecule has 0 aliphatic heterocycles. The number of aromatic amines is 1. The van der Waals surface area contributed by atoms with Gasteiger partial charge in [-0.05, 0) is 61.4 Å². The first-order valence-corrected chi connectivity index (χ1v) is 10.7. The van der Waals surface area contributed by atoms with Gasteiger partial charge in [-0.1, -0.05) is 13.8 Å². The van der Waals surface area contributed by atoms with Crippen molar-refractivity contribution in [1.29, 1.82) is 5.41 Å². The Morgan fingerprint density at radius 3 is 2.34 bits per heavy atom. The number of hydrogen-bond donors (Lipinski definition) is 4. The first-order valence-electron chi connectivity index (χ1n) is 10.7. The Kier molecular flexibility index (Phi) is 8.14. The van der Waals surface area contributed by atoms with Crippen molar-refractivity contribution in [3.63, 3.8) is 0 Å². The van der Waals surface area contributed by atoms with Crippen LogP contribution in [0, 0.1) is 5.41 Å². The van der Waals surface area contributed by atoms with E-state index < -0.39 is 0 Å². The van der Waals surface area contributed by atoms with Gasteiger partial charge in [-0.2, -0.15) is 0 Å². The molecule has 1 aromatic carbocycles. The molecule has 0 bridgehead atoms. The zero-order valence-corrected chi connectivity index (χ0v) is 18.4. The molecule has 3 aromatic rings. The van der Waals surface area contributed by atoms with Crippen molar-refractivity contribution in [2.24, 2.45) is 4.99 Å². The highest BCUT2D eigenvalue weighted by molar-refractivity contribution is 6.10. The molecule has 166 valence electrons. The maximum Gasteiger partial charge on any atom is 0.323 e. The number of carbonyl (C=O) groups is 1. The predicted molar refractivity (Wildman–Crippen MR) is 130 cm³/mol. The van der Waals surface area contributed by atoms with Crippen LogP contribution in [-0.4, -0.2) is 45.7 Å². The summed E-state index contributed by atoms with van der Waals surface area (Å²) in [5.41, 5.74) is 2.79. The third-order valence-corrected chi connectivity index (χ3v) is 4.68. The molecule has 0 fully saturated rings. The van der Waals surface area contributed by atoms with Gasteiger partial charge in [-0.25, -0.2) is 9.79 Å². The molecule has 0 unspecified atom stereocenters. The first-order chi connectivity index (χ1) is 15.6. The number of aliphatic imine (C=N–C) groups is 1. The second kappa shape index (κ2) is 11.5. The van der Waals surface area contributed by atoms with E-state index in [2.05, 4.69) is 44.3 Å². The van der Waals surface area contributed by atoms with Gasteiger partial charge in [0.1, 0.15) is 0 Å². The van der Waals surface area contributed by atoms with E-state index in [-0.39, 0.29) is 11.9 Å². The zero-order chi connectivity index (χ0) is 22.8. The normalized spacial score (nSPS) is 11.1. The Morgan fingerprint density at radius 1 is 1.03 bits per heavy atom. The maximum atomic E-state index is 12.2. The van der Waals surface area contributed by atoms with Gasteiger partial charge in [0, 0.05) is 36.7 Å². The van der Waals surface area contributed by atoms with Gasteiger partial charge in [0.25, 0.3) is 0 Å². The Bertz CT molecular complexity index is 1020. The van der Waals surface area contributed by atoms with Crippen molar-refractivity contribution in [1.82, 2.24) is 14.9 Å². The van der Waals surface area contributed by atoms with Crippen molar-refractivity contribution in [3.05, 3.63) is 78.4 Å². The van der Waals surface area contributed by atoms with Gasteiger partial charge >= 0.3 is 6.03 Å². The number of aromatic nitrogens is 2. The largest absolute Gasteiger partial charge is 0.359 e. The van der Waals surface area contributed by atoms with E-state index in [1.165, 1.54) is 0 Å². The summed E-state index contributed by atoms with van der Waals surface area (Å²) in [6.45, 7) is 6.01. The summed E-state index contributed by atoms with van der Waals surface area (Å²) in [4.78, 5) is 26.2. The van der Waals surface area contributed by atoms with Crippen LogP contribution in [0.2, 0.25) is 0 Å². The van der Waals surface area contributed by atoms with Gasteiger partial charge in [-0.15, -0.1) is 0 Å². The number of rotatable bonds is 8. The van der Waals surface area contributed by atoms with E-state index in [0.29, 0.717) is 16.9 Å². The van der Waals surface area contributed by atoms with Crippen LogP contribution in [0.1, 0.15) is 37.9 Å². The molecule has 0 radical (unpaired) electrons. The standard InChI is InChI=1S/C24H29N7O/c1-3-15-31(16-4-2)23(21-8-6-14-27-21)30-22(25)18-9-11-19(12-10-18)28-24(32)29-20-7-5-13-26-17-20/h5-14,17,25,27H,3-4,15-16H2,1-2H3,(H2,28,29,32)/b25-22?,30-23+. The maximum absolute atomic E-state index is 12.2. The molecule has 3 rings (SSSR count). The van der Waals surface area contributed by atoms with E-state index in [4.69, 9.17) is 5.41 Å². The molecule has 2 heterocycles. The summed E-state index contributed by atoms with van der Waals surface area (Å²) in [7, 11) is 0. The number of anilines is 2. The minimum absolute atomic E-state index is 0.165. The molecule has 2 aromatic heterocycles. The second-order valence-electron chi connectivity index (χ2n) is 7.25. The Labute approximate surface area is 188 Å². The summed E-state index contributed by atoms with van der Waals surface area (Å²) >= 11 is 0. The van der Waals surface area contributed by atoms with Crippen LogP contribution in [0.3, 0.4) is 0 Å². The number of amidine groups is 2. The fourth-order valence-electron chi connectivity index (χ4n) is 3.25. The highest BCUT2D eigenvalue weighted by atomic mass is 16.2. The molecule has 8 heteroatoms. The summed E-state index contributed by atoms with van der Waals surface area (Å²) in [5, 5.41) is 14.0. The number of urea groups is 1. The number of nitrogens with one attached hydrogen (secondary N) is 4. The van der Waals surface area contributed by atoms with Gasteiger partial charge in [-0.3, -0.25) is 10.4 Å². The van der Waals surface area contributed by atoms with Crippen molar-refractivity contribution in [2.45, 2.75) is 26.7 Å². The van der Waals surface area contributed by atoms with E-state index >= 15 is 0 Å². The van der Waals surface area contributed by atoms with Gasteiger partial charge in [0.15, 0.2) is 11.7 Å². The van der Waals surface area contributed by atoms with E-state index in [1.54, 1.807) is 48.8 Å².